The number of carbonyl (C=O) groups excluding carboxylic acids is 1. The average molecular weight is 182 g/mol. The van der Waals surface area contributed by atoms with Crippen LogP contribution in [-0.2, 0) is 4.79 Å². The Hall–Kier alpha value is -1.01. The van der Waals surface area contributed by atoms with Crippen molar-refractivity contribution >= 4 is 5.91 Å². The average Bonchev–Trinajstić information content (AvgIpc) is 1.99. The molecule has 0 bridgehead atoms. The number of hydrogen-bond donors (Lipinski definition) is 1. The standard InChI is InChI=1S/C10H18N2O/c1-6-7-12(5)8-11-9(13)10(2,3)4/h1H,7-8H2,2-5H3,(H,11,13). The highest BCUT2D eigenvalue weighted by Gasteiger charge is 2.20. The number of carbonyl (C=O) groups is 1. The van der Waals surface area contributed by atoms with Gasteiger partial charge in [-0.15, -0.1) is 6.42 Å². The molecule has 0 saturated carbocycles. The number of terminal acetylenes is 1. The summed E-state index contributed by atoms with van der Waals surface area (Å²) in [4.78, 5) is 13.2. The zero-order valence-corrected chi connectivity index (χ0v) is 8.85. The lowest BCUT2D eigenvalue weighted by Gasteiger charge is -2.20. The van der Waals surface area contributed by atoms with E-state index in [9.17, 15) is 4.79 Å². The maximum absolute atomic E-state index is 11.4. The lowest BCUT2D eigenvalue weighted by Crippen LogP contribution is -2.41. The van der Waals surface area contributed by atoms with Gasteiger partial charge in [0.25, 0.3) is 0 Å². The van der Waals surface area contributed by atoms with Gasteiger partial charge in [0, 0.05) is 5.41 Å². The normalized spacial score (nSPS) is 11.1. The third kappa shape index (κ3) is 5.26. The van der Waals surface area contributed by atoms with Crippen LogP contribution >= 0.6 is 0 Å². The second kappa shape index (κ2) is 4.88. The first kappa shape index (κ1) is 12.0. The molecule has 0 spiro atoms. The van der Waals surface area contributed by atoms with E-state index < -0.39 is 0 Å². The summed E-state index contributed by atoms with van der Waals surface area (Å²) in [6.45, 7) is 6.68. The third-order valence-corrected chi connectivity index (χ3v) is 1.55. The van der Waals surface area contributed by atoms with Gasteiger partial charge in [-0.05, 0) is 7.05 Å². The molecule has 3 heteroatoms. The van der Waals surface area contributed by atoms with E-state index in [-0.39, 0.29) is 11.3 Å². The highest BCUT2D eigenvalue weighted by atomic mass is 16.2. The number of nitrogens with one attached hydrogen (secondary N) is 1. The SMILES string of the molecule is C#CCN(C)CNC(=O)C(C)(C)C. The molecule has 0 aromatic rings. The van der Waals surface area contributed by atoms with E-state index in [0.717, 1.165) is 0 Å². The van der Waals surface area contributed by atoms with Crippen molar-refractivity contribution in [3.05, 3.63) is 0 Å². The van der Waals surface area contributed by atoms with Crippen molar-refractivity contribution in [1.29, 1.82) is 0 Å². The van der Waals surface area contributed by atoms with Gasteiger partial charge in [0.05, 0.1) is 13.2 Å². The molecule has 0 fully saturated rings. The highest BCUT2D eigenvalue weighted by Crippen LogP contribution is 2.11. The summed E-state index contributed by atoms with van der Waals surface area (Å²) in [5.74, 6) is 2.54. The molecule has 0 saturated heterocycles. The van der Waals surface area contributed by atoms with Gasteiger partial charge < -0.3 is 5.32 Å². The minimum absolute atomic E-state index is 0.0383. The Kier molecular flexibility index (Phi) is 4.50. The third-order valence-electron chi connectivity index (χ3n) is 1.55. The molecule has 1 N–H and O–H groups in total. The van der Waals surface area contributed by atoms with E-state index >= 15 is 0 Å². The molecular weight excluding hydrogens is 164 g/mol. The molecule has 0 aromatic carbocycles. The number of nitrogens with zero attached hydrogens (tertiary/aromatic N) is 1. The van der Waals surface area contributed by atoms with Gasteiger partial charge in [-0.3, -0.25) is 9.69 Å². The van der Waals surface area contributed by atoms with Gasteiger partial charge in [-0.25, -0.2) is 0 Å². The van der Waals surface area contributed by atoms with Crippen LogP contribution in [0, 0.1) is 17.8 Å². The summed E-state index contributed by atoms with van der Waals surface area (Å²) in [6, 6.07) is 0. The Balaban J connectivity index is 3.79. The lowest BCUT2D eigenvalue weighted by atomic mass is 9.96. The van der Waals surface area contributed by atoms with Gasteiger partial charge in [-0.2, -0.15) is 0 Å². The zero-order valence-electron chi connectivity index (χ0n) is 8.85. The molecule has 0 aliphatic carbocycles. The van der Waals surface area contributed by atoms with Gasteiger partial charge in [-0.1, -0.05) is 26.7 Å². The summed E-state index contributed by atoms with van der Waals surface area (Å²) >= 11 is 0. The molecule has 0 unspecified atom stereocenters. The van der Waals surface area contributed by atoms with Crippen LogP contribution in [0.3, 0.4) is 0 Å². The molecule has 0 aromatic heterocycles. The largest absolute Gasteiger partial charge is 0.343 e. The molecule has 0 aliphatic heterocycles. The summed E-state index contributed by atoms with van der Waals surface area (Å²) in [7, 11) is 1.86. The second-order valence-corrected chi connectivity index (χ2v) is 4.13. The Labute approximate surface area is 80.5 Å². The molecule has 0 heterocycles. The predicted octanol–water partition coefficient (Wildman–Crippen LogP) is 0.671. The topological polar surface area (TPSA) is 32.3 Å². The van der Waals surface area contributed by atoms with E-state index in [1.165, 1.54) is 0 Å². The molecule has 0 atom stereocenters. The van der Waals surface area contributed by atoms with Crippen LogP contribution in [-0.4, -0.2) is 31.1 Å². The fraction of sp³-hybridized carbons (Fsp3) is 0.700. The molecule has 0 rings (SSSR count). The number of hydrogen-bond acceptors (Lipinski definition) is 2. The molecule has 74 valence electrons. The summed E-state index contributed by atoms with van der Waals surface area (Å²) in [5.41, 5.74) is -0.336. The molecule has 0 radical (unpaired) electrons. The van der Waals surface area contributed by atoms with Crippen molar-refractivity contribution in [2.45, 2.75) is 20.8 Å². The van der Waals surface area contributed by atoms with E-state index in [0.29, 0.717) is 13.2 Å². The number of rotatable bonds is 3. The molecule has 0 aliphatic rings. The van der Waals surface area contributed by atoms with E-state index in [4.69, 9.17) is 6.42 Å². The molecule has 13 heavy (non-hydrogen) atoms. The van der Waals surface area contributed by atoms with Gasteiger partial charge in [0.15, 0.2) is 0 Å². The molecule has 1 amide bonds. The van der Waals surface area contributed by atoms with Crippen LogP contribution < -0.4 is 5.32 Å². The zero-order chi connectivity index (χ0) is 10.5. The maximum Gasteiger partial charge on any atom is 0.226 e. The van der Waals surface area contributed by atoms with Crippen LogP contribution in [0.5, 0.6) is 0 Å². The van der Waals surface area contributed by atoms with E-state index in [1.54, 1.807) is 0 Å². The molecular formula is C10H18N2O. The van der Waals surface area contributed by atoms with Crippen LogP contribution in [0.2, 0.25) is 0 Å². The van der Waals surface area contributed by atoms with Gasteiger partial charge in [0.2, 0.25) is 5.91 Å². The first-order valence-corrected chi connectivity index (χ1v) is 4.28. The van der Waals surface area contributed by atoms with E-state index in [1.807, 2.05) is 32.7 Å². The molecule has 3 nitrogen and oxygen atoms in total. The van der Waals surface area contributed by atoms with Gasteiger partial charge in [0.1, 0.15) is 0 Å². The van der Waals surface area contributed by atoms with Crippen molar-refractivity contribution in [3.63, 3.8) is 0 Å². The van der Waals surface area contributed by atoms with Crippen molar-refractivity contribution in [2.24, 2.45) is 5.41 Å². The second-order valence-electron chi connectivity index (χ2n) is 4.13. The quantitative estimate of drug-likeness (QED) is 0.514. The fourth-order valence-electron chi connectivity index (χ4n) is 0.684. The van der Waals surface area contributed by atoms with Crippen molar-refractivity contribution in [3.8, 4) is 12.3 Å². The monoisotopic (exact) mass is 182 g/mol. The maximum atomic E-state index is 11.4. The summed E-state index contributed by atoms with van der Waals surface area (Å²) in [6.07, 6.45) is 5.12. The fourth-order valence-corrected chi connectivity index (χ4v) is 0.684. The smallest absolute Gasteiger partial charge is 0.226 e. The van der Waals surface area contributed by atoms with Crippen LogP contribution in [0.4, 0.5) is 0 Å². The van der Waals surface area contributed by atoms with Gasteiger partial charge >= 0.3 is 0 Å². The number of amides is 1. The summed E-state index contributed by atoms with van der Waals surface area (Å²) in [5, 5.41) is 2.80. The predicted molar refractivity (Wildman–Crippen MR) is 53.9 cm³/mol. The Bertz CT molecular complexity index is 210. The van der Waals surface area contributed by atoms with Crippen LogP contribution in [0.15, 0.2) is 0 Å². The Morgan fingerprint density at radius 1 is 1.54 bits per heavy atom. The Morgan fingerprint density at radius 3 is 2.46 bits per heavy atom. The first-order chi connectivity index (χ1) is 5.88. The minimum Gasteiger partial charge on any atom is -0.343 e. The summed E-state index contributed by atoms with van der Waals surface area (Å²) < 4.78 is 0. The van der Waals surface area contributed by atoms with Crippen LogP contribution in [0.1, 0.15) is 20.8 Å². The van der Waals surface area contributed by atoms with E-state index in [2.05, 4.69) is 11.2 Å². The van der Waals surface area contributed by atoms with Crippen molar-refractivity contribution in [1.82, 2.24) is 10.2 Å². The lowest BCUT2D eigenvalue weighted by molar-refractivity contribution is -0.129. The Morgan fingerprint density at radius 2 is 2.08 bits per heavy atom. The van der Waals surface area contributed by atoms with Crippen molar-refractivity contribution in [2.75, 3.05) is 20.3 Å². The highest BCUT2D eigenvalue weighted by molar-refractivity contribution is 5.81. The van der Waals surface area contributed by atoms with Crippen LogP contribution in [0.25, 0.3) is 0 Å². The van der Waals surface area contributed by atoms with Crippen molar-refractivity contribution < 1.29 is 4.79 Å². The first-order valence-electron chi connectivity index (χ1n) is 4.28. The minimum atomic E-state index is -0.336.